The van der Waals surface area contributed by atoms with Gasteiger partial charge in [0.05, 0.1) is 24.5 Å². The van der Waals surface area contributed by atoms with Gasteiger partial charge in [0.25, 0.3) is 0 Å². The van der Waals surface area contributed by atoms with Gasteiger partial charge in [-0.3, -0.25) is 9.59 Å². The number of esters is 1. The summed E-state index contributed by atoms with van der Waals surface area (Å²) < 4.78 is 11.1. The molecular weight excluding hydrogens is 356 g/mol. The van der Waals surface area contributed by atoms with Gasteiger partial charge in [0.1, 0.15) is 12.1 Å². The van der Waals surface area contributed by atoms with E-state index >= 15 is 0 Å². The zero-order valence-corrected chi connectivity index (χ0v) is 17.8. The van der Waals surface area contributed by atoms with Crippen molar-refractivity contribution in [3.05, 3.63) is 11.6 Å². The van der Waals surface area contributed by atoms with Crippen molar-refractivity contribution in [2.24, 2.45) is 34.5 Å². The predicted octanol–water partition coefficient (Wildman–Crippen LogP) is 3.75. The third-order valence-electron chi connectivity index (χ3n) is 8.24. The maximum Gasteiger partial charge on any atom is 0.306 e. The summed E-state index contributed by atoms with van der Waals surface area (Å²) in [4.78, 5) is 38.6. The van der Waals surface area contributed by atoms with E-state index in [1.165, 1.54) is 0 Å². The van der Waals surface area contributed by atoms with Crippen molar-refractivity contribution in [1.29, 1.82) is 0 Å². The third-order valence-corrected chi connectivity index (χ3v) is 8.24. The van der Waals surface area contributed by atoms with Gasteiger partial charge < -0.3 is 14.3 Å². The number of carbonyl (C=O) groups is 3. The smallest absolute Gasteiger partial charge is 0.306 e. The van der Waals surface area contributed by atoms with Crippen LogP contribution in [0, 0.1) is 34.5 Å². The second-order valence-electron chi connectivity index (χ2n) is 9.23. The highest BCUT2D eigenvalue weighted by atomic mass is 16.5. The standard InChI is InChI=1S/C23H34O5/c1-6-28-21(26)12-17-15(3)7-9-18-22(4)16(11-19(25)23(17,18)13-24)14(2)8-10-20(22)27-5/h7,13-14,16-18,20H,6,8-12H2,1-5H3/t14-,16+,17-,18?,20-,22+,23+/m1/s1. The summed E-state index contributed by atoms with van der Waals surface area (Å²) in [6.07, 6.45) is 6.13. The van der Waals surface area contributed by atoms with Gasteiger partial charge in [-0.25, -0.2) is 0 Å². The fourth-order valence-corrected chi connectivity index (χ4v) is 6.79. The van der Waals surface area contributed by atoms with Crippen molar-refractivity contribution < 1.29 is 23.9 Å². The van der Waals surface area contributed by atoms with E-state index < -0.39 is 11.3 Å². The fraction of sp³-hybridized carbons (Fsp3) is 0.783. The number of methoxy groups -OCH3 is 1. The lowest BCUT2D eigenvalue weighted by molar-refractivity contribution is -0.192. The molecule has 2 fully saturated rings. The molecule has 0 aromatic heterocycles. The SMILES string of the molecule is CCOC(=O)C[C@@H]1C(C)=CCC2[C@@]3(C)[C@H](OC)CC[C@@H](C)[C@@H]3CC(=O)[C@]21C=O. The van der Waals surface area contributed by atoms with E-state index in [1.807, 2.05) is 6.92 Å². The molecule has 3 aliphatic carbocycles. The summed E-state index contributed by atoms with van der Waals surface area (Å²) in [5.41, 5.74) is -0.486. The van der Waals surface area contributed by atoms with Crippen LogP contribution < -0.4 is 0 Å². The first-order valence-electron chi connectivity index (χ1n) is 10.6. The lowest BCUT2D eigenvalue weighted by atomic mass is 9.40. The summed E-state index contributed by atoms with van der Waals surface area (Å²) in [5.74, 6) is -0.308. The van der Waals surface area contributed by atoms with Crippen LogP contribution in [0.5, 0.6) is 0 Å². The minimum absolute atomic E-state index is 0.000302. The molecule has 0 amide bonds. The number of allylic oxidation sites excluding steroid dienone is 2. The summed E-state index contributed by atoms with van der Waals surface area (Å²) >= 11 is 0. The molecule has 0 saturated heterocycles. The van der Waals surface area contributed by atoms with Crippen molar-refractivity contribution in [2.45, 2.75) is 65.9 Å². The van der Waals surface area contributed by atoms with E-state index in [-0.39, 0.29) is 41.5 Å². The lowest BCUT2D eigenvalue weighted by Gasteiger charge is -2.63. The van der Waals surface area contributed by atoms with Crippen LogP contribution in [0.2, 0.25) is 0 Å². The number of ketones is 1. The molecule has 28 heavy (non-hydrogen) atoms. The van der Waals surface area contributed by atoms with E-state index in [0.29, 0.717) is 25.4 Å². The molecule has 2 saturated carbocycles. The maximum absolute atomic E-state index is 13.6. The number of fused-ring (bicyclic) bond motifs is 3. The highest BCUT2D eigenvalue weighted by Crippen LogP contribution is 2.65. The van der Waals surface area contributed by atoms with Gasteiger partial charge in [-0.1, -0.05) is 25.5 Å². The molecule has 0 radical (unpaired) electrons. The summed E-state index contributed by atoms with van der Waals surface area (Å²) in [6, 6.07) is 0. The maximum atomic E-state index is 13.6. The molecule has 0 aromatic rings. The van der Waals surface area contributed by atoms with Crippen LogP contribution >= 0.6 is 0 Å². The molecule has 0 bridgehead atoms. The molecule has 5 heteroatoms. The van der Waals surface area contributed by atoms with Gasteiger partial charge in [0.2, 0.25) is 0 Å². The second-order valence-corrected chi connectivity index (χ2v) is 9.23. The molecule has 0 spiro atoms. The number of Topliss-reactive ketones (excluding diaryl/α,β-unsaturated/α-hetero) is 1. The van der Waals surface area contributed by atoms with Crippen molar-refractivity contribution in [2.75, 3.05) is 13.7 Å². The topological polar surface area (TPSA) is 69.7 Å². The van der Waals surface area contributed by atoms with E-state index in [0.717, 1.165) is 24.7 Å². The van der Waals surface area contributed by atoms with Crippen molar-refractivity contribution >= 4 is 18.0 Å². The van der Waals surface area contributed by atoms with Crippen LogP contribution in [0.15, 0.2) is 11.6 Å². The van der Waals surface area contributed by atoms with E-state index in [4.69, 9.17) is 9.47 Å². The first kappa shape index (κ1) is 21.2. The molecule has 1 unspecified atom stereocenters. The van der Waals surface area contributed by atoms with Crippen LogP contribution in [-0.2, 0) is 23.9 Å². The first-order valence-corrected chi connectivity index (χ1v) is 10.6. The Balaban J connectivity index is 2.12. The Morgan fingerprint density at radius 1 is 1.36 bits per heavy atom. The van der Waals surface area contributed by atoms with Gasteiger partial charge >= 0.3 is 5.97 Å². The van der Waals surface area contributed by atoms with E-state index in [9.17, 15) is 14.4 Å². The highest BCUT2D eigenvalue weighted by molar-refractivity contribution is 6.01. The van der Waals surface area contributed by atoms with Gasteiger partial charge in [-0.05, 0) is 50.9 Å². The fourth-order valence-electron chi connectivity index (χ4n) is 6.79. The Kier molecular flexibility index (Phi) is 5.86. The van der Waals surface area contributed by atoms with Crippen molar-refractivity contribution in [3.8, 4) is 0 Å². The highest BCUT2D eigenvalue weighted by Gasteiger charge is 2.67. The zero-order chi connectivity index (χ0) is 20.7. The normalized spacial score (nSPS) is 42.8. The van der Waals surface area contributed by atoms with Crippen LogP contribution in [0.3, 0.4) is 0 Å². The molecule has 156 valence electrons. The van der Waals surface area contributed by atoms with Gasteiger partial charge in [0.15, 0.2) is 0 Å². The molecule has 0 aromatic carbocycles. The molecule has 5 nitrogen and oxygen atoms in total. The molecule has 7 atom stereocenters. The van der Waals surface area contributed by atoms with Crippen LogP contribution in [-0.4, -0.2) is 37.9 Å². The molecule has 0 aliphatic heterocycles. The number of ether oxygens (including phenoxy) is 2. The number of carbonyl (C=O) groups excluding carboxylic acids is 3. The Bertz CT molecular complexity index is 682. The van der Waals surface area contributed by atoms with Crippen LogP contribution in [0.1, 0.15) is 59.8 Å². The number of aldehydes is 1. The summed E-state index contributed by atoms with van der Waals surface area (Å²) in [7, 11) is 1.74. The Morgan fingerprint density at radius 3 is 2.68 bits per heavy atom. The average Bonchev–Trinajstić information content (AvgIpc) is 2.66. The quantitative estimate of drug-likeness (QED) is 0.309. The third kappa shape index (κ3) is 2.89. The molecule has 0 heterocycles. The summed E-state index contributed by atoms with van der Waals surface area (Å²) in [6.45, 7) is 8.43. The monoisotopic (exact) mass is 390 g/mol. The van der Waals surface area contributed by atoms with Gasteiger partial charge in [-0.2, -0.15) is 0 Å². The molecule has 3 rings (SSSR count). The predicted molar refractivity (Wildman–Crippen MR) is 106 cm³/mol. The second kappa shape index (κ2) is 7.74. The number of hydrogen-bond acceptors (Lipinski definition) is 5. The van der Waals surface area contributed by atoms with E-state index in [1.54, 1.807) is 14.0 Å². The lowest BCUT2D eigenvalue weighted by Crippen LogP contribution is -2.66. The Morgan fingerprint density at radius 2 is 2.07 bits per heavy atom. The van der Waals surface area contributed by atoms with Crippen LogP contribution in [0.25, 0.3) is 0 Å². The minimum atomic E-state index is -1.16. The molecule has 0 N–H and O–H groups in total. The summed E-state index contributed by atoms with van der Waals surface area (Å²) in [5, 5.41) is 0. The average molecular weight is 391 g/mol. The minimum Gasteiger partial charge on any atom is -0.466 e. The van der Waals surface area contributed by atoms with E-state index in [2.05, 4.69) is 19.9 Å². The Labute approximate surface area is 168 Å². The zero-order valence-electron chi connectivity index (χ0n) is 17.8. The van der Waals surface area contributed by atoms with Crippen molar-refractivity contribution in [1.82, 2.24) is 0 Å². The Hall–Kier alpha value is -1.49. The molecule has 3 aliphatic rings. The number of hydrogen-bond donors (Lipinski definition) is 0. The van der Waals surface area contributed by atoms with Gasteiger partial charge in [0, 0.05) is 24.9 Å². The van der Waals surface area contributed by atoms with Crippen molar-refractivity contribution in [3.63, 3.8) is 0 Å². The van der Waals surface area contributed by atoms with Crippen LogP contribution in [0.4, 0.5) is 0 Å². The largest absolute Gasteiger partial charge is 0.466 e. The first-order chi connectivity index (χ1) is 13.3. The molecular formula is C23H34O5. The number of rotatable bonds is 5. The van der Waals surface area contributed by atoms with Gasteiger partial charge in [-0.15, -0.1) is 0 Å².